The Morgan fingerprint density at radius 2 is 2.30 bits per heavy atom. The molecule has 1 heterocycles. The first-order valence-corrected chi connectivity index (χ1v) is 7.77. The van der Waals surface area contributed by atoms with Crippen molar-refractivity contribution in [1.82, 2.24) is 9.78 Å². The van der Waals surface area contributed by atoms with Crippen molar-refractivity contribution in [3.8, 4) is 0 Å². The van der Waals surface area contributed by atoms with Gasteiger partial charge in [0.15, 0.2) is 0 Å². The summed E-state index contributed by atoms with van der Waals surface area (Å²) in [7, 11) is 0. The molecule has 0 amide bonds. The molecule has 0 aliphatic heterocycles. The number of aliphatic carboxylic acids is 1. The largest absolute Gasteiger partial charge is 0.481 e. The van der Waals surface area contributed by atoms with Crippen molar-refractivity contribution in [3.05, 3.63) is 17.5 Å². The van der Waals surface area contributed by atoms with E-state index in [0.29, 0.717) is 12.3 Å². The Kier molecular flexibility index (Phi) is 4.51. The van der Waals surface area contributed by atoms with E-state index in [2.05, 4.69) is 18.9 Å². The third kappa shape index (κ3) is 2.89. The van der Waals surface area contributed by atoms with Crippen LogP contribution >= 0.6 is 0 Å². The van der Waals surface area contributed by atoms with Gasteiger partial charge in [0.05, 0.1) is 11.1 Å². The third-order valence-electron chi connectivity index (χ3n) is 4.78. The zero-order chi connectivity index (χ0) is 14.8. The predicted octanol–water partition coefficient (Wildman–Crippen LogP) is 3.43. The second kappa shape index (κ2) is 5.98. The van der Waals surface area contributed by atoms with Crippen molar-refractivity contribution < 1.29 is 9.90 Å². The van der Waals surface area contributed by atoms with Crippen LogP contribution in [0.1, 0.15) is 57.3 Å². The fraction of sp³-hybridized carbons (Fsp3) is 0.750. The fourth-order valence-electron chi connectivity index (χ4n) is 3.63. The Labute approximate surface area is 121 Å². The first-order valence-electron chi connectivity index (χ1n) is 7.77. The van der Waals surface area contributed by atoms with Crippen LogP contribution < -0.4 is 0 Å². The topological polar surface area (TPSA) is 55.1 Å². The number of rotatable bonds is 5. The average molecular weight is 278 g/mol. The van der Waals surface area contributed by atoms with Gasteiger partial charge in [0, 0.05) is 18.7 Å². The van der Waals surface area contributed by atoms with E-state index in [-0.39, 0.29) is 0 Å². The minimum absolute atomic E-state index is 0.555. The van der Waals surface area contributed by atoms with Gasteiger partial charge >= 0.3 is 5.97 Å². The number of carbonyl (C=O) groups is 1. The monoisotopic (exact) mass is 278 g/mol. The standard InChI is InChI=1S/C16H26N2O2/c1-4-13-7-6-8-16(10-13,15(19)20)11-14-9-12(3)17-18(14)5-2/h9,13H,4-8,10-11H2,1-3H3,(H,19,20). The van der Waals surface area contributed by atoms with Crippen molar-refractivity contribution in [2.45, 2.75) is 65.8 Å². The van der Waals surface area contributed by atoms with Gasteiger partial charge in [0.2, 0.25) is 0 Å². The molecule has 20 heavy (non-hydrogen) atoms. The maximum Gasteiger partial charge on any atom is 0.310 e. The van der Waals surface area contributed by atoms with E-state index in [9.17, 15) is 9.90 Å². The molecule has 2 rings (SSSR count). The molecular weight excluding hydrogens is 252 g/mol. The summed E-state index contributed by atoms with van der Waals surface area (Å²) in [6.07, 6.45) is 5.52. The van der Waals surface area contributed by atoms with Crippen LogP contribution in [0, 0.1) is 18.3 Å². The molecule has 4 nitrogen and oxygen atoms in total. The summed E-state index contributed by atoms with van der Waals surface area (Å²) in [5.74, 6) is -0.0731. The number of nitrogens with zero attached hydrogens (tertiary/aromatic N) is 2. The lowest BCUT2D eigenvalue weighted by molar-refractivity contribution is -0.152. The lowest BCUT2D eigenvalue weighted by Gasteiger charge is -2.37. The molecule has 2 atom stereocenters. The molecule has 0 bridgehead atoms. The van der Waals surface area contributed by atoms with Crippen LogP contribution in [0.5, 0.6) is 0 Å². The maximum atomic E-state index is 11.9. The highest BCUT2D eigenvalue weighted by molar-refractivity contribution is 5.75. The molecular formula is C16H26N2O2. The zero-order valence-corrected chi connectivity index (χ0v) is 12.9. The molecule has 0 aromatic carbocycles. The molecule has 2 unspecified atom stereocenters. The normalized spacial score (nSPS) is 26.6. The summed E-state index contributed by atoms with van der Waals surface area (Å²) in [6.45, 7) is 7.00. The SMILES string of the molecule is CCC1CCCC(Cc2cc(C)nn2CC)(C(=O)O)C1. The van der Waals surface area contributed by atoms with E-state index in [1.807, 2.05) is 17.7 Å². The summed E-state index contributed by atoms with van der Waals surface area (Å²) >= 11 is 0. The summed E-state index contributed by atoms with van der Waals surface area (Å²) in [5.41, 5.74) is 1.47. The molecule has 1 aromatic rings. The van der Waals surface area contributed by atoms with Gasteiger partial charge in [0.1, 0.15) is 0 Å². The molecule has 4 heteroatoms. The van der Waals surface area contributed by atoms with E-state index < -0.39 is 11.4 Å². The Balaban J connectivity index is 2.27. The first kappa shape index (κ1) is 15.1. The molecule has 1 aromatic heterocycles. The molecule has 1 aliphatic rings. The minimum Gasteiger partial charge on any atom is -0.481 e. The van der Waals surface area contributed by atoms with E-state index in [4.69, 9.17) is 0 Å². The summed E-state index contributed by atoms with van der Waals surface area (Å²) in [5, 5.41) is 14.3. The molecule has 112 valence electrons. The highest BCUT2D eigenvalue weighted by Gasteiger charge is 2.43. The number of aryl methyl sites for hydroxylation is 2. The number of hydrogen-bond donors (Lipinski definition) is 1. The number of hydrogen-bond acceptors (Lipinski definition) is 2. The van der Waals surface area contributed by atoms with Gasteiger partial charge in [-0.2, -0.15) is 5.10 Å². The summed E-state index contributed by atoms with van der Waals surface area (Å²) in [6, 6.07) is 2.05. The van der Waals surface area contributed by atoms with Gasteiger partial charge in [-0.05, 0) is 38.7 Å². The van der Waals surface area contributed by atoms with Crippen LogP contribution in [0.15, 0.2) is 6.07 Å². The second-order valence-electron chi connectivity index (χ2n) is 6.23. The van der Waals surface area contributed by atoms with Crippen molar-refractivity contribution in [2.75, 3.05) is 0 Å². The van der Waals surface area contributed by atoms with Gasteiger partial charge in [-0.3, -0.25) is 9.48 Å². The molecule has 0 saturated heterocycles. The molecule has 0 spiro atoms. The fourth-order valence-corrected chi connectivity index (χ4v) is 3.63. The first-order chi connectivity index (χ1) is 9.50. The van der Waals surface area contributed by atoms with E-state index in [1.165, 1.54) is 6.42 Å². The van der Waals surface area contributed by atoms with Gasteiger partial charge in [0.25, 0.3) is 0 Å². The number of carboxylic acid groups (broad SMARTS) is 1. The summed E-state index contributed by atoms with van der Waals surface area (Å²) in [4.78, 5) is 11.9. The molecule has 1 aliphatic carbocycles. The summed E-state index contributed by atoms with van der Waals surface area (Å²) < 4.78 is 1.95. The molecule has 1 saturated carbocycles. The van der Waals surface area contributed by atoms with Crippen molar-refractivity contribution in [1.29, 1.82) is 0 Å². The van der Waals surface area contributed by atoms with E-state index in [1.54, 1.807) is 0 Å². The van der Waals surface area contributed by atoms with Crippen LogP contribution in [0.25, 0.3) is 0 Å². The molecule has 1 fully saturated rings. The number of aromatic nitrogens is 2. The quantitative estimate of drug-likeness (QED) is 0.897. The predicted molar refractivity (Wildman–Crippen MR) is 78.7 cm³/mol. The second-order valence-corrected chi connectivity index (χ2v) is 6.23. The highest BCUT2D eigenvalue weighted by atomic mass is 16.4. The molecule has 1 N–H and O–H groups in total. The smallest absolute Gasteiger partial charge is 0.310 e. The Morgan fingerprint density at radius 3 is 2.90 bits per heavy atom. The van der Waals surface area contributed by atoms with Crippen LogP contribution in [-0.4, -0.2) is 20.9 Å². The van der Waals surface area contributed by atoms with Crippen LogP contribution in [-0.2, 0) is 17.8 Å². The number of carboxylic acids is 1. The molecule has 0 radical (unpaired) electrons. The van der Waals surface area contributed by atoms with Crippen molar-refractivity contribution >= 4 is 5.97 Å². The van der Waals surface area contributed by atoms with Crippen molar-refractivity contribution in [3.63, 3.8) is 0 Å². The average Bonchev–Trinajstić information content (AvgIpc) is 2.78. The maximum absolute atomic E-state index is 11.9. The van der Waals surface area contributed by atoms with Crippen molar-refractivity contribution in [2.24, 2.45) is 11.3 Å². The lowest BCUT2D eigenvalue weighted by Crippen LogP contribution is -2.39. The minimum atomic E-state index is -0.628. The zero-order valence-electron chi connectivity index (χ0n) is 12.9. The van der Waals surface area contributed by atoms with E-state index in [0.717, 1.165) is 43.6 Å². The lowest BCUT2D eigenvalue weighted by atomic mass is 9.66. The highest BCUT2D eigenvalue weighted by Crippen LogP contribution is 2.43. The van der Waals surface area contributed by atoms with Crippen LogP contribution in [0.4, 0.5) is 0 Å². The van der Waals surface area contributed by atoms with Gasteiger partial charge in [-0.1, -0.05) is 26.2 Å². The Bertz CT molecular complexity index is 481. The van der Waals surface area contributed by atoms with Gasteiger partial charge in [-0.15, -0.1) is 0 Å². The third-order valence-corrected chi connectivity index (χ3v) is 4.78. The Hall–Kier alpha value is -1.32. The van der Waals surface area contributed by atoms with Crippen LogP contribution in [0.2, 0.25) is 0 Å². The van der Waals surface area contributed by atoms with Crippen LogP contribution in [0.3, 0.4) is 0 Å². The Morgan fingerprint density at radius 1 is 1.55 bits per heavy atom. The van der Waals surface area contributed by atoms with E-state index >= 15 is 0 Å². The van der Waals surface area contributed by atoms with Gasteiger partial charge in [-0.25, -0.2) is 0 Å². The van der Waals surface area contributed by atoms with Gasteiger partial charge < -0.3 is 5.11 Å².